The van der Waals surface area contributed by atoms with Crippen LogP contribution in [-0.4, -0.2) is 14.5 Å². The van der Waals surface area contributed by atoms with Gasteiger partial charge < -0.3 is 13.4 Å². The molecule has 14 aromatic rings. The summed E-state index contributed by atoms with van der Waals surface area (Å²) in [5.74, 6) is 0.674. The Bertz CT molecular complexity index is 4320. The van der Waals surface area contributed by atoms with Crippen LogP contribution in [0.1, 0.15) is 11.1 Å². The van der Waals surface area contributed by atoms with E-state index < -0.39 is 0 Å². The summed E-state index contributed by atoms with van der Waals surface area (Å²) in [4.78, 5) is 11.4. The Hall–Kier alpha value is -8.06. The van der Waals surface area contributed by atoms with Gasteiger partial charge in [-0.25, -0.2) is 9.97 Å². The molecule has 6 heterocycles. The van der Waals surface area contributed by atoms with Crippen molar-refractivity contribution in [3.8, 4) is 39.6 Å². The third-order valence-corrected chi connectivity index (χ3v) is 14.5. The zero-order valence-corrected chi connectivity index (χ0v) is 34.3. The van der Waals surface area contributed by atoms with Gasteiger partial charge in [-0.2, -0.15) is 0 Å². The van der Waals surface area contributed by atoms with Crippen molar-refractivity contribution < 1.29 is 8.83 Å². The first-order valence-corrected chi connectivity index (χ1v) is 22.2. The number of fused-ring (bicyclic) bond motifs is 19. The highest BCUT2D eigenvalue weighted by Gasteiger charge is 2.29. The van der Waals surface area contributed by atoms with E-state index in [4.69, 9.17) is 18.8 Å². The maximum absolute atomic E-state index is 7.03. The average Bonchev–Trinajstić information content (AvgIpc) is 4.09. The molecular weight excluding hydrogens is 791 g/mol. The fraction of sp³-hybridized carbons (Fsp3) is 0.0175. The summed E-state index contributed by atoms with van der Waals surface area (Å²) in [5, 5.41) is 11.6. The Labute approximate surface area is 362 Å². The van der Waals surface area contributed by atoms with E-state index in [1.54, 1.807) is 0 Å². The molecule has 292 valence electrons. The van der Waals surface area contributed by atoms with Gasteiger partial charge in [0.05, 0.1) is 28.1 Å². The van der Waals surface area contributed by atoms with Crippen molar-refractivity contribution in [1.29, 1.82) is 0 Å². The van der Waals surface area contributed by atoms with E-state index in [2.05, 4.69) is 162 Å². The molecule has 5 nitrogen and oxygen atoms in total. The summed E-state index contributed by atoms with van der Waals surface area (Å²) in [5.41, 5.74) is 13.7. The third kappa shape index (κ3) is 4.70. The Kier molecular flexibility index (Phi) is 6.56. The number of aromatic nitrogens is 3. The van der Waals surface area contributed by atoms with Crippen LogP contribution in [0.5, 0.6) is 0 Å². The molecule has 0 N–H and O–H groups in total. The number of hydrogen-bond acceptors (Lipinski definition) is 5. The molecule has 63 heavy (non-hydrogen) atoms. The van der Waals surface area contributed by atoms with Gasteiger partial charge in [-0.15, -0.1) is 11.3 Å². The van der Waals surface area contributed by atoms with Crippen LogP contribution in [0.4, 0.5) is 0 Å². The lowest BCUT2D eigenvalue weighted by atomic mass is 9.92. The second kappa shape index (κ2) is 12.3. The fourth-order valence-corrected chi connectivity index (χ4v) is 11.6. The summed E-state index contributed by atoms with van der Waals surface area (Å²) in [7, 11) is 0. The lowest BCUT2D eigenvalue weighted by Crippen LogP contribution is -2.06. The van der Waals surface area contributed by atoms with Crippen LogP contribution in [0, 0.1) is 0 Å². The number of furan rings is 2. The highest BCUT2D eigenvalue weighted by atomic mass is 32.1. The standard InChI is InChI=1S/C57H31N3O2S/c1-2-10-33-30-47-42(27-32(33)9-1)36-20-17-31-25-45-53(34-18-23-50-43(28-34)38-12-4-6-14-48(38)61-50)58-57(35-19-24-52-44(29-35)39-13-5-8-16-51(39)63-52)59-54(45)41-22-21-40-37-11-3-7-15-49(37)62-56(40)55(41)60(47)46(36)26-31/h1-24,26-30H,25H2. The molecule has 0 fully saturated rings. The summed E-state index contributed by atoms with van der Waals surface area (Å²) in [6.45, 7) is 0. The molecule has 2 bridgehead atoms. The van der Waals surface area contributed by atoms with Crippen LogP contribution in [0.15, 0.2) is 185 Å². The summed E-state index contributed by atoms with van der Waals surface area (Å²) in [6.07, 6.45) is 0.625. The zero-order valence-electron chi connectivity index (χ0n) is 33.5. The zero-order chi connectivity index (χ0) is 40.9. The molecule has 0 spiro atoms. The van der Waals surface area contributed by atoms with Crippen molar-refractivity contribution in [2.75, 3.05) is 0 Å². The molecule has 0 radical (unpaired) electrons. The van der Waals surface area contributed by atoms with Gasteiger partial charge >= 0.3 is 0 Å². The minimum Gasteiger partial charge on any atom is -0.456 e. The first-order valence-electron chi connectivity index (χ1n) is 21.3. The molecule has 9 aromatic carbocycles. The largest absolute Gasteiger partial charge is 0.456 e. The van der Waals surface area contributed by atoms with E-state index in [1.165, 1.54) is 47.3 Å². The van der Waals surface area contributed by atoms with Crippen LogP contribution in [-0.2, 0) is 6.42 Å². The molecule has 0 aliphatic carbocycles. The van der Waals surface area contributed by atoms with E-state index >= 15 is 0 Å². The van der Waals surface area contributed by atoms with Crippen molar-refractivity contribution in [3.63, 3.8) is 0 Å². The van der Waals surface area contributed by atoms with E-state index in [1.807, 2.05) is 29.5 Å². The average molecular weight is 822 g/mol. The molecule has 0 atom stereocenters. The first kappa shape index (κ1) is 33.6. The molecule has 6 heteroatoms. The van der Waals surface area contributed by atoms with Crippen LogP contribution >= 0.6 is 11.3 Å². The van der Waals surface area contributed by atoms with Crippen molar-refractivity contribution in [2.24, 2.45) is 0 Å². The predicted octanol–water partition coefficient (Wildman–Crippen LogP) is 15.8. The van der Waals surface area contributed by atoms with Gasteiger partial charge in [0.2, 0.25) is 0 Å². The smallest absolute Gasteiger partial charge is 0.160 e. The van der Waals surface area contributed by atoms with Crippen molar-refractivity contribution in [1.82, 2.24) is 14.5 Å². The molecule has 15 rings (SSSR count). The molecule has 0 saturated heterocycles. The van der Waals surface area contributed by atoms with Gasteiger partial charge in [0.1, 0.15) is 16.7 Å². The minimum absolute atomic E-state index is 0.625. The first-order chi connectivity index (χ1) is 31.2. The predicted molar refractivity (Wildman–Crippen MR) is 260 cm³/mol. The number of benzene rings is 9. The van der Waals surface area contributed by atoms with E-state index in [0.29, 0.717) is 12.2 Å². The molecule has 5 aromatic heterocycles. The Morgan fingerprint density at radius 3 is 2.00 bits per heavy atom. The van der Waals surface area contributed by atoms with Crippen molar-refractivity contribution in [2.45, 2.75) is 6.42 Å². The van der Waals surface area contributed by atoms with E-state index in [0.717, 1.165) is 94.2 Å². The normalized spacial score (nSPS) is 12.7. The quantitative estimate of drug-likeness (QED) is 0.174. The molecule has 1 aliphatic rings. The van der Waals surface area contributed by atoms with E-state index in [9.17, 15) is 0 Å². The van der Waals surface area contributed by atoms with Gasteiger partial charge in [-0.05, 0) is 101 Å². The van der Waals surface area contributed by atoms with Gasteiger partial charge in [0, 0.05) is 81.2 Å². The minimum atomic E-state index is 0.625. The summed E-state index contributed by atoms with van der Waals surface area (Å²) in [6, 6.07) is 63.3. The van der Waals surface area contributed by atoms with Gasteiger partial charge in [0.25, 0.3) is 0 Å². The topological polar surface area (TPSA) is 57.0 Å². The lowest BCUT2D eigenvalue weighted by Gasteiger charge is -2.19. The number of hydrogen-bond donors (Lipinski definition) is 0. The maximum Gasteiger partial charge on any atom is 0.160 e. The van der Waals surface area contributed by atoms with Crippen LogP contribution < -0.4 is 0 Å². The maximum atomic E-state index is 7.03. The van der Waals surface area contributed by atoms with Gasteiger partial charge in [-0.3, -0.25) is 0 Å². The molecule has 1 aliphatic heterocycles. The fourth-order valence-electron chi connectivity index (χ4n) is 10.5. The van der Waals surface area contributed by atoms with Crippen LogP contribution in [0.2, 0.25) is 0 Å². The summed E-state index contributed by atoms with van der Waals surface area (Å²) < 4.78 is 18.3. The van der Waals surface area contributed by atoms with E-state index in [-0.39, 0.29) is 0 Å². The van der Waals surface area contributed by atoms with Crippen molar-refractivity contribution in [3.05, 3.63) is 187 Å². The lowest BCUT2D eigenvalue weighted by molar-refractivity contribution is 0.666. The third-order valence-electron chi connectivity index (χ3n) is 13.4. The number of thiophene rings is 1. The Morgan fingerprint density at radius 2 is 1.11 bits per heavy atom. The molecule has 0 unspecified atom stereocenters. The number of rotatable bonds is 2. The second-order valence-electron chi connectivity index (χ2n) is 16.9. The SMILES string of the molecule is c1ccc2cc3c(cc2c1)c1ccc2cc1n3-c1c(ccc3c1oc1ccccc13)-c1nc(-c3ccc4sc5ccccc5c4c3)nc(-c3ccc4oc5ccccc5c4c3)c1C2. The Morgan fingerprint density at radius 1 is 0.444 bits per heavy atom. The monoisotopic (exact) mass is 821 g/mol. The highest BCUT2D eigenvalue weighted by Crippen LogP contribution is 2.47. The van der Waals surface area contributed by atoms with Gasteiger partial charge in [-0.1, -0.05) is 91.0 Å². The summed E-state index contributed by atoms with van der Waals surface area (Å²) >= 11 is 1.82. The number of para-hydroxylation sites is 2. The molecule has 0 saturated carbocycles. The molecular formula is C57H31N3O2S. The Balaban J connectivity index is 1.10. The molecule has 0 amide bonds. The van der Waals surface area contributed by atoms with Gasteiger partial charge in [0.15, 0.2) is 11.4 Å². The van der Waals surface area contributed by atoms with Crippen molar-refractivity contribution >= 4 is 108 Å². The van der Waals surface area contributed by atoms with Crippen LogP contribution in [0.3, 0.4) is 0 Å². The van der Waals surface area contributed by atoms with Crippen LogP contribution in [0.25, 0.3) is 136 Å². The number of nitrogens with zero attached hydrogens (tertiary/aromatic N) is 3. The second-order valence-corrected chi connectivity index (χ2v) is 17.9. The highest BCUT2D eigenvalue weighted by molar-refractivity contribution is 7.25.